The Morgan fingerprint density at radius 3 is 2.60 bits per heavy atom. The second kappa shape index (κ2) is 6.57. The average Bonchev–Trinajstić information content (AvgIpc) is 2.14. The Balaban J connectivity index is 2.62. The van der Waals surface area contributed by atoms with E-state index in [9.17, 15) is 4.57 Å². The van der Waals surface area contributed by atoms with Gasteiger partial charge < -0.3 is 0 Å². The molecule has 0 amide bonds. The molecule has 1 rings (SSSR count). The van der Waals surface area contributed by atoms with E-state index in [4.69, 9.17) is 10.0 Å². The summed E-state index contributed by atoms with van der Waals surface area (Å²) in [5, 5.41) is 0. The van der Waals surface area contributed by atoms with Crippen molar-refractivity contribution in [2.45, 2.75) is 58.5 Å². The third-order valence-corrected chi connectivity index (χ3v) is 4.05. The molecule has 15 heavy (non-hydrogen) atoms. The highest BCUT2D eigenvalue weighted by molar-refractivity contribution is 7.36. The average molecular weight is 232 g/mol. The molecule has 0 aromatic heterocycles. The fourth-order valence-corrected chi connectivity index (χ4v) is 3.24. The van der Waals surface area contributed by atoms with Gasteiger partial charge >= 0.3 is 8.18 Å². The van der Waals surface area contributed by atoms with Crippen LogP contribution in [-0.2, 0) is 9.09 Å². The van der Waals surface area contributed by atoms with Gasteiger partial charge in [0.15, 0.2) is 0 Å². The zero-order valence-electron chi connectivity index (χ0n) is 9.82. The smallest absolute Gasteiger partial charge is 0.126 e. The first kappa shape index (κ1) is 13.1. The van der Waals surface area contributed by atoms with Gasteiger partial charge in [0.1, 0.15) is 6.10 Å². The van der Waals surface area contributed by atoms with Crippen molar-refractivity contribution in [1.29, 1.82) is 0 Å². The second-order valence-corrected chi connectivity index (χ2v) is 5.40. The van der Waals surface area contributed by atoms with Crippen LogP contribution in [0.15, 0.2) is 0 Å². The van der Waals surface area contributed by atoms with Gasteiger partial charge in [0, 0.05) is 0 Å². The first-order chi connectivity index (χ1) is 7.15. The number of nitrogens with two attached hydrogens (primary N) is 1. The van der Waals surface area contributed by atoms with Crippen molar-refractivity contribution in [3.05, 3.63) is 0 Å². The van der Waals surface area contributed by atoms with Gasteiger partial charge in [-0.25, -0.2) is 0 Å². The zero-order valence-corrected chi connectivity index (χ0v) is 10.7. The predicted octanol–water partition coefficient (Wildman–Crippen LogP) is 3.61. The summed E-state index contributed by atoms with van der Waals surface area (Å²) in [5.74, 6) is 1.18. The third-order valence-electron chi connectivity index (χ3n) is 3.57. The lowest BCUT2D eigenvalue weighted by atomic mass is 9.79. The second-order valence-electron chi connectivity index (χ2n) is 4.62. The minimum atomic E-state index is -1.95. The van der Waals surface area contributed by atoms with Gasteiger partial charge in [0.2, 0.25) is 0 Å². The van der Waals surface area contributed by atoms with Crippen LogP contribution in [-0.4, -0.2) is 6.10 Å². The number of hydrogen-bond donors (Lipinski definition) is 1. The molecule has 3 nitrogen and oxygen atoms in total. The van der Waals surface area contributed by atoms with E-state index in [1.165, 1.54) is 25.7 Å². The van der Waals surface area contributed by atoms with Gasteiger partial charge in [0.05, 0.1) is 0 Å². The van der Waals surface area contributed by atoms with Crippen molar-refractivity contribution in [2.75, 3.05) is 0 Å². The summed E-state index contributed by atoms with van der Waals surface area (Å²) in [6, 6.07) is 0. The third kappa shape index (κ3) is 4.18. The summed E-state index contributed by atoms with van der Waals surface area (Å²) in [7, 11) is -1.95. The maximum atomic E-state index is 11.0. The molecule has 1 fully saturated rings. The highest BCUT2D eigenvalue weighted by Gasteiger charge is 2.32. The highest BCUT2D eigenvalue weighted by Crippen LogP contribution is 2.35. The van der Waals surface area contributed by atoms with Gasteiger partial charge in [-0.1, -0.05) is 51.5 Å². The van der Waals surface area contributed by atoms with E-state index >= 15 is 0 Å². The van der Waals surface area contributed by atoms with Crippen molar-refractivity contribution in [3.8, 4) is 0 Å². The Kier molecular flexibility index (Phi) is 5.73. The molecule has 88 valence electrons. The molecule has 0 spiro atoms. The molecule has 1 aliphatic carbocycles. The molecule has 4 atom stereocenters. The molecule has 3 unspecified atom stereocenters. The minimum Gasteiger partial charge on any atom is -0.126 e. The van der Waals surface area contributed by atoms with Crippen LogP contribution in [0.3, 0.4) is 0 Å². The van der Waals surface area contributed by atoms with E-state index in [-0.39, 0.29) is 6.10 Å². The quantitative estimate of drug-likeness (QED) is 0.756. The summed E-state index contributed by atoms with van der Waals surface area (Å²) in [6.07, 6.45) is 7.24. The first-order valence-corrected chi connectivity index (χ1v) is 7.28. The standard InChI is InChI=1S/C11H23NO2P/c1-3-10-9(2)7-5-4-6-8-11(10)14-15(12)13/h9-11H,3-8H2,1-2H3,(H2,12,13)/q+1/t9-,10?,11?/m0/s1. The Labute approximate surface area is 93.7 Å². The summed E-state index contributed by atoms with van der Waals surface area (Å²) in [5.41, 5.74) is 5.26. The fraction of sp³-hybridized carbons (Fsp3) is 1.00. The molecule has 2 N–H and O–H groups in total. The largest absolute Gasteiger partial charge is 0.610 e. The summed E-state index contributed by atoms with van der Waals surface area (Å²) in [6.45, 7) is 4.46. The molecular weight excluding hydrogens is 209 g/mol. The lowest BCUT2D eigenvalue weighted by Gasteiger charge is -2.29. The van der Waals surface area contributed by atoms with Gasteiger partial charge in [-0.2, -0.15) is 0 Å². The Morgan fingerprint density at radius 2 is 2.00 bits per heavy atom. The van der Waals surface area contributed by atoms with Crippen molar-refractivity contribution in [3.63, 3.8) is 0 Å². The first-order valence-electron chi connectivity index (χ1n) is 6.03. The van der Waals surface area contributed by atoms with Gasteiger partial charge in [-0.05, 0) is 22.8 Å². The number of rotatable bonds is 3. The molecule has 0 radical (unpaired) electrons. The van der Waals surface area contributed by atoms with Crippen LogP contribution in [0.1, 0.15) is 52.4 Å². The van der Waals surface area contributed by atoms with Crippen molar-refractivity contribution >= 4 is 8.18 Å². The summed E-state index contributed by atoms with van der Waals surface area (Å²) < 4.78 is 16.4. The zero-order chi connectivity index (χ0) is 11.3. The lowest BCUT2D eigenvalue weighted by molar-refractivity contribution is 0.0821. The van der Waals surface area contributed by atoms with E-state index in [0.29, 0.717) is 11.8 Å². The summed E-state index contributed by atoms with van der Waals surface area (Å²) >= 11 is 0. The van der Waals surface area contributed by atoms with Crippen LogP contribution in [0.4, 0.5) is 0 Å². The molecular formula is C11H23NO2P+. The Bertz CT molecular complexity index is 211. The molecule has 0 heterocycles. The van der Waals surface area contributed by atoms with Crippen LogP contribution in [0.5, 0.6) is 0 Å². The van der Waals surface area contributed by atoms with E-state index in [1.54, 1.807) is 0 Å². The normalized spacial score (nSPS) is 34.3. The predicted molar refractivity (Wildman–Crippen MR) is 62.7 cm³/mol. The molecule has 0 saturated heterocycles. The van der Waals surface area contributed by atoms with Crippen molar-refractivity contribution < 1.29 is 9.09 Å². The van der Waals surface area contributed by atoms with Gasteiger partial charge in [-0.3, -0.25) is 0 Å². The summed E-state index contributed by atoms with van der Waals surface area (Å²) in [4.78, 5) is 0. The van der Waals surface area contributed by atoms with Crippen LogP contribution in [0, 0.1) is 11.8 Å². The van der Waals surface area contributed by atoms with Crippen LogP contribution in [0.25, 0.3) is 0 Å². The van der Waals surface area contributed by atoms with Crippen molar-refractivity contribution in [2.24, 2.45) is 17.3 Å². The van der Waals surface area contributed by atoms with Crippen LogP contribution >= 0.6 is 8.18 Å². The SMILES string of the molecule is CCC1C(O[P+](N)=O)CCCCC[C@@H]1C. The molecule has 0 aliphatic heterocycles. The molecule has 1 saturated carbocycles. The Morgan fingerprint density at radius 1 is 1.33 bits per heavy atom. The topological polar surface area (TPSA) is 52.3 Å². The van der Waals surface area contributed by atoms with E-state index in [1.807, 2.05) is 0 Å². The molecule has 4 heteroatoms. The van der Waals surface area contributed by atoms with E-state index in [0.717, 1.165) is 12.8 Å². The molecule has 0 bridgehead atoms. The maximum absolute atomic E-state index is 11.0. The molecule has 1 aliphatic rings. The lowest BCUT2D eigenvalue weighted by Crippen LogP contribution is -2.29. The van der Waals surface area contributed by atoms with Crippen molar-refractivity contribution in [1.82, 2.24) is 0 Å². The van der Waals surface area contributed by atoms with E-state index in [2.05, 4.69) is 13.8 Å². The van der Waals surface area contributed by atoms with Gasteiger partial charge in [0.25, 0.3) is 0 Å². The Hall–Kier alpha value is 0.0200. The maximum Gasteiger partial charge on any atom is 0.610 e. The number of hydrogen-bond acceptors (Lipinski definition) is 2. The van der Waals surface area contributed by atoms with Crippen LogP contribution < -0.4 is 5.50 Å². The molecule has 0 aromatic carbocycles. The van der Waals surface area contributed by atoms with E-state index < -0.39 is 8.18 Å². The highest BCUT2D eigenvalue weighted by atomic mass is 31.1. The minimum absolute atomic E-state index is 0.110. The fourth-order valence-electron chi connectivity index (χ4n) is 2.71. The van der Waals surface area contributed by atoms with Gasteiger partial charge in [-0.15, -0.1) is 4.52 Å². The molecule has 0 aromatic rings. The monoisotopic (exact) mass is 232 g/mol. The van der Waals surface area contributed by atoms with Crippen LogP contribution in [0.2, 0.25) is 0 Å².